The number of benzene rings is 2. The van der Waals surface area contributed by atoms with Gasteiger partial charge in [0.05, 0.1) is 17.1 Å². The van der Waals surface area contributed by atoms with Gasteiger partial charge in [-0.25, -0.2) is 17.8 Å². The Morgan fingerprint density at radius 2 is 1.73 bits per heavy atom. The van der Waals surface area contributed by atoms with Crippen molar-refractivity contribution in [3.8, 4) is 16.9 Å². The van der Waals surface area contributed by atoms with Crippen LogP contribution in [0.4, 0.5) is 19.0 Å². The Morgan fingerprint density at radius 3 is 2.33 bits per heavy atom. The molecule has 0 aliphatic rings. The Bertz CT molecular complexity index is 1260. The molecule has 0 atom stereocenters. The summed E-state index contributed by atoms with van der Waals surface area (Å²) in [7, 11) is -3.32. The molecule has 0 radical (unpaired) electrons. The molecule has 2 aromatic carbocycles. The number of nitrogens with one attached hydrogen (secondary N) is 1. The van der Waals surface area contributed by atoms with Crippen molar-refractivity contribution in [2.75, 3.05) is 11.1 Å². The minimum absolute atomic E-state index is 0.000724. The molecule has 0 spiro atoms. The van der Waals surface area contributed by atoms with Crippen molar-refractivity contribution in [2.45, 2.75) is 31.8 Å². The lowest BCUT2D eigenvalue weighted by molar-refractivity contribution is -0.115. The summed E-state index contributed by atoms with van der Waals surface area (Å²) in [6.45, 7) is 0.0566. The van der Waals surface area contributed by atoms with Crippen molar-refractivity contribution in [1.29, 1.82) is 0 Å². The summed E-state index contributed by atoms with van der Waals surface area (Å²) in [6.07, 6.45) is -0.000724. The molecule has 1 N–H and O–H groups in total. The van der Waals surface area contributed by atoms with Crippen molar-refractivity contribution >= 4 is 21.6 Å². The van der Waals surface area contributed by atoms with E-state index in [1.807, 2.05) is 0 Å². The molecule has 174 valence electrons. The maximum atomic E-state index is 13.5. The van der Waals surface area contributed by atoms with Crippen LogP contribution in [0.5, 0.6) is 5.75 Å². The van der Waals surface area contributed by atoms with Crippen molar-refractivity contribution in [3.05, 3.63) is 71.7 Å². The fourth-order valence-electron chi connectivity index (χ4n) is 3.18. The first-order valence-electron chi connectivity index (χ1n) is 9.93. The molecule has 0 aliphatic carbocycles. The van der Waals surface area contributed by atoms with Gasteiger partial charge >= 0.3 is 6.61 Å². The summed E-state index contributed by atoms with van der Waals surface area (Å²) in [4.78, 5) is 16.9. The van der Waals surface area contributed by atoms with Gasteiger partial charge in [-0.05, 0) is 48.9 Å². The number of carbonyl (C=O) groups is 1. The molecule has 33 heavy (non-hydrogen) atoms. The van der Waals surface area contributed by atoms with Crippen LogP contribution in [0, 0.1) is 12.7 Å². The van der Waals surface area contributed by atoms with Crippen LogP contribution in [-0.4, -0.2) is 31.7 Å². The van der Waals surface area contributed by atoms with E-state index in [-0.39, 0.29) is 40.1 Å². The zero-order chi connectivity index (χ0) is 24.2. The Kier molecular flexibility index (Phi) is 7.37. The molecule has 0 aliphatic heterocycles. The van der Waals surface area contributed by atoms with Gasteiger partial charge in [0, 0.05) is 22.9 Å². The number of carbonyl (C=O) groups excluding carboxylic acids is 1. The highest BCUT2D eigenvalue weighted by Crippen LogP contribution is 2.34. The monoisotopic (exact) mass is 478 g/mol. The van der Waals surface area contributed by atoms with Gasteiger partial charge in [0.25, 0.3) is 0 Å². The molecular formula is C23H21F3N2O4S. The third-order valence-corrected chi connectivity index (χ3v) is 6.58. The molecule has 3 rings (SSSR count). The number of aryl methyl sites for hydroxylation is 1. The normalized spacial score (nSPS) is 11.5. The third kappa shape index (κ3) is 6.10. The van der Waals surface area contributed by atoms with Crippen LogP contribution in [0.15, 0.2) is 59.5 Å². The average Bonchev–Trinajstić information content (AvgIpc) is 2.74. The maximum absolute atomic E-state index is 13.5. The zero-order valence-corrected chi connectivity index (χ0v) is 18.6. The first-order chi connectivity index (χ1) is 15.6. The van der Waals surface area contributed by atoms with Crippen LogP contribution in [0.2, 0.25) is 0 Å². The van der Waals surface area contributed by atoms with E-state index in [1.54, 1.807) is 32.0 Å². The van der Waals surface area contributed by atoms with Crippen LogP contribution in [0.25, 0.3) is 11.1 Å². The lowest BCUT2D eigenvalue weighted by Gasteiger charge is -2.14. The zero-order valence-electron chi connectivity index (χ0n) is 17.8. The standard InChI is InChI=1S/C23H21F3N2O4S/c1-3-33(30,31)17-7-4-15(5-8-17)12-22(29)28-21-11-10-18(14(2)27-21)19-9-6-16(24)13-20(19)32-23(25)26/h4-11,13,23H,3,12H2,1-2H3,(H,27,28,29). The van der Waals surface area contributed by atoms with Gasteiger partial charge in [0.1, 0.15) is 17.4 Å². The second-order valence-electron chi connectivity index (χ2n) is 7.12. The van der Waals surface area contributed by atoms with Crippen molar-refractivity contribution in [3.63, 3.8) is 0 Å². The van der Waals surface area contributed by atoms with Gasteiger partial charge in [0.2, 0.25) is 5.91 Å². The topological polar surface area (TPSA) is 85.4 Å². The van der Waals surface area contributed by atoms with E-state index >= 15 is 0 Å². The first kappa shape index (κ1) is 24.2. The van der Waals surface area contributed by atoms with E-state index < -0.39 is 22.3 Å². The van der Waals surface area contributed by atoms with Gasteiger partial charge in [0.15, 0.2) is 9.84 Å². The lowest BCUT2D eigenvalue weighted by Crippen LogP contribution is -2.15. The van der Waals surface area contributed by atoms with Crippen LogP contribution in [0.3, 0.4) is 0 Å². The number of rotatable bonds is 8. The molecule has 1 aromatic heterocycles. The molecule has 0 unspecified atom stereocenters. The second kappa shape index (κ2) is 10.0. The molecule has 0 saturated carbocycles. The van der Waals surface area contributed by atoms with E-state index in [9.17, 15) is 26.4 Å². The van der Waals surface area contributed by atoms with E-state index in [2.05, 4.69) is 15.0 Å². The van der Waals surface area contributed by atoms with Gasteiger partial charge < -0.3 is 10.1 Å². The average molecular weight is 478 g/mol. The Hall–Kier alpha value is -3.40. The highest BCUT2D eigenvalue weighted by atomic mass is 32.2. The molecule has 0 bridgehead atoms. The summed E-state index contributed by atoms with van der Waals surface area (Å²) in [5.41, 5.74) is 1.71. The van der Waals surface area contributed by atoms with Gasteiger partial charge in [-0.15, -0.1) is 0 Å². The fraction of sp³-hybridized carbons (Fsp3) is 0.217. The molecule has 0 saturated heterocycles. The number of aromatic nitrogens is 1. The minimum atomic E-state index is -3.32. The highest BCUT2D eigenvalue weighted by Gasteiger charge is 2.16. The number of ether oxygens (including phenoxy) is 1. The summed E-state index contributed by atoms with van der Waals surface area (Å²) >= 11 is 0. The van der Waals surface area contributed by atoms with Crippen molar-refractivity contribution in [1.82, 2.24) is 4.98 Å². The highest BCUT2D eigenvalue weighted by molar-refractivity contribution is 7.91. The number of hydrogen-bond acceptors (Lipinski definition) is 5. The molecule has 3 aromatic rings. The molecule has 1 amide bonds. The van der Waals surface area contributed by atoms with Crippen LogP contribution in [-0.2, 0) is 21.1 Å². The number of anilines is 1. The van der Waals surface area contributed by atoms with E-state index in [4.69, 9.17) is 0 Å². The molecule has 6 nitrogen and oxygen atoms in total. The minimum Gasteiger partial charge on any atom is -0.434 e. The molecular weight excluding hydrogens is 457 g/mol. The number of nitrogens with zero attached hydrogens (tertiary/aromatic N) is 1. The van der Waals surface area contributed by atoms with Crippen LogP contribution >= 0.6 is 0 Å². The van der Waals surface area contributed by atoms with Crippen LogP contribution < -0.4 is 10.1 Å². The molecule has 10 heteroatoms. The quantitative estimate of drug-likeness (QED) is 0.504. The molecule has 1 heterocycles. The van der Waals surface area contributed by atoms with Crippen molar-refractivity contribution in [2.24, 2.45) is 0 Å². The fourth-order valence-corrected chi connectivity index (χ4v) is 4.07. The largest absolute Gasteiger partial charge is 0.434 e. The van der Waals surface area contributed by atoms with Gasteiger partial charge in [-0.3, -0.25) is 4.79 Å². The Balaban J connectivity index is 1.74. The number of hydrogen-bond donors (Lipinski definition) is 1. The predicted octanol–water partition coefficient (Wildman–Crippen LogP) is 4.77. The van der Waals surface area contributed by atoms with E-state index in [0.717, 1.165) is 12.1 Å². The number of amides is 1. The number of halogens is 3. The Morgan fingerprint density at radius 1 is 1.06 bits per heavy atom. The van der Waals surface area contributed by atoms with Gasteiger partial charge in [-0.1, -0.05) is 19.1 Å². The maximum Gasteiger partial charge on any atom is 0.387 e. The SMILES string of the molecule is CCS(=O)(=O)c1ccc(CC(=O)Nc2ccc(-c3ccc(F)cc3OC(F)F)c(C)n2)cc1. The summed E-state index contributed by atoms with van der Waals surface area (Å²) in [5.74, 6) is -1.18. The smallest absolute Gasteiger partial charge is 0.387 e. The number of sulfone groups is 1. The van der Waals surface area contributed by atoms with Crippen LogP contribution in [0.1, 0.15) is 18.2 Å². The summed E-state index contributed by atoms with van der Waals surface area (Å²) in [6, 6.07) is 12.4. The second-order valence-corrected chi connectivity index (χ2v) is 9.40. The van der Waals surface area contributed by atoms with Gasteiger partial charge in [-0.2, -0.15) is 8.78 Å². The van der Waals surface area contributed by atoms with E-state index in [1.165, 1.54) is 24.3 Å². The Labute approximate surface area is 189 Å². The number of pyridine rings is 1. The lowest BCUT2D eigenvalue weighted by atomic mass is 10.0. The predicted molar refractivity (Wildman–Crippen MR) is 118 cm³/mol. The van der Waals surface area contributed by atoms with E-state index in [0.29, 0.717) is 16.8 Å². The van der Waals surface area contributed by atoms with Crippen molar-refractivity contribution < 1.29 is 31.1 Å². The third-order valence-electron chi connectivity index (χ3n) is 4.83. The summed E-state index contributed by atoms with van der Waals surface area (Å²) < 4.78 is 67.1. The number of alkyl halides is 2. The molecule has 0 fully saturated rings. The first-order valence-corrected chi connectivity index (χ1v) is 11.6. The summed E-state index contributed by atoms with van der Waals surface area (Å²) in [5, 5.41) is 2.64.